The zero-order chi connectivity index (χ0) is 40.4. The molecule has 0 amide bonds. The summed E-state index contributed by atoms with van der Waals surface area (Å²) < 4.78 is 44.8. The Morgan fingerprint density at radius 3 is 1.00 bits per heavy atom. The van der Waals surface area contributed by atoms with Crippen molar-refractivity contribution in [2.45, 2.75) is 27.7 Å². The molecule has 0 aromatic heterocycles. The fourth-order valence-electron chi connectivity index (χ4n) is 5.95. The van der Waals surface area contributed by atoms with E-state index in [1.165, 1.54) is 0 Å². The SMILES string of the molecule is CCOC(=O)CN(CC(=O)OCC)c1ccccc1N1CCOCCOCCN(c2ccccc2N(CC(=O)OCC)CC(=O)OCC)CCOCCOCC1. The summed E-state index contributed by atoms with van der Waals surface area (Å²) in [6, 6.07) is 15.1. The first kappa shape index (κ1) is 45.7. The van der Waals surface area contributed by atoms with Crippen molar-refractivity contribution in [1.82, 2.24) is 0 Å². The Hall–Kier alpha value is -4.64. The molecule has 1 fully saturated rings. The van der Waals surface area contributed by atoms with Crippen LogP contribution in [-0.4, -0.2) is 156 Å². The highest BCUT2D eigenvalue weighted by Crippen LogP contribution is 2.31. The smallest absolute Gasteiger partial charge is 0.325 e. The molecule has 56 heavy (non-hydrogen) atoms. The quantitative estimate of drug-likeness (QED) is 0.181. The number of ether oxygens (including phenoxy) is 8. The van der Waals surface area contributed by atoms with E-state index in [2.05, 4.69) is 9.80 Å². The summed E-state index contributed by atoms with van der Waals surface area (Å²) in [7, 11) is 0. The van der Waals surface area contributed by atoms with E-state index in [1.807, 2.05) is 48.5 Å². The third-order valence-corrected chi connectivity index (χ3v) is 8.39. The average Bonchev–Trinajstić information content (AvgIpc) is 3.18. The number of nitrogens with zero attached hydrogens (tertiary/aromatic N) is 4. The van der Waals surface area contributed by atoms with Crippen LogP contribution in [0.1, 0.15) is 27.7 Å². The van der Waals surface area contributed by atoms with Gasteiger partial charge in [0, 0.05) is 26.2 Å². The fourth-order valence-corrected chi connectivity index (χ4v) is 5.95. The van der Waals surface area contributed by atoms with Crippen LogP contribution in [-0.2, 0) is 57.1 Å². The predicted molar refractivity (Wildman–Crippen MR) is 212 cm³/mol. The topological polar surface area (TPSA) is 155 Å². The number of para-hydroxylation sites is 4. The van der Waals surface area contributed by atoms with Crippen LogP contribution in [0.2, 0.25) is 0 Å². The molecule has 0 saturated carbocycles. The van der Waals surface area contributed by atoms with Gasteiger partial charge in [0.1, 0.15) is 26.2 Å². The van der Waals surface area contributed by atoms with E-state index in [4.69, 9.17) is 37.9 Å². The zero-order valence-corrected chi connectivity index (χ0v) is 33.4. The highest BCUT2D eigenvalue weighted by molar-refractivity contribution is 5.86. The molecule has 0 aliphatic carbocycles. The van der Waals surface area contributed by atoms with Gasteiger partial charge in [-0.25, -0.2) is 0 Å². The zero-order valence-electron chi connectivity index (χ0n) is 33.4. The highest BCUT2D eigenvalue weighted by Gasteiger charge is 2.24. The number of anilines is 4. The van der Waals surface area contributed by atoms with Crippen molar-refractivity contribution in [2.24, 2.45) is 0 Å². The molecular weight excluding hydrogens is 728 g/mol. The van der Waals surface area contributed by atoms with E-state index in [-0.39, 0.29) is 52.6 Å². The van der Waals surface area contributed by atoms with Gasteiger partial charge in [-0.15, -0.1) is 0 Å². The molecule has 2 aromatic rings. The monoisotopic (exact) mass is 788 g/mol. The van der Waals surface area contributed by atoms with Crippen LogP contribution in [0.3, 0.4) is 0 Å². The molecule has 2 aromatic carbocycles. The molecule has 16 nitrogen and oxygen atoms in total. The summed E-state index contributed by atoms with van der Waals surface area (Å²) >= 11 is 0. The van der Waals surface area contributed by atoms with Gasteiger partial charge in [0.25, 0.3) is 0 Å². The Morgan fingerprint density at radius 2 is 0.732 bits per heavy atom. The minimum atomic E-state index is -0.449. The van der Waals surface area contributed by atoms with Crippen LogP contribution < -0.4 is 19.6 Å². The van der Waals surface area contributed by atoms with E-state index in [0.717, 1.165) is 11.4 Å². The molecule has 0 unspecified atom stereocenters. The van der Waals surface area contributed by atoms with Gasteiger partial charge in [0.15, 0.2) is 0 Å². The number of esters is 4. The van der Waals surface area contributed by atoms with Crippen molar-refractivity contribution in [3.8, 4) is 0 Å². The molecule has 1 saturated heterocycles. The molecule has 0 N–H and O–H groups in total. The normalized spacial score (nSPS) is 15.1. The minimum absolute atomic E-state index is 0.123. The number of benzene rings is 2. The van der Waals surface area contributed by atoms with Crippen molar-refractivity contribution in [3.63, 3.8) is 0 Å². The van der Waals surface area contributed by atoms with Crippen molar-refractivity contribution in [2.75, 3.05) is 151 Å². The van der Waals surface area contributed by atoms with Gasteiger partial charge >= 0.3 is 23.9 Å². The lowest BCUT2D eigenvalue weighted by Gasteiger charge is -2.32. The maximum absolute atomic E-state index is 12.6. The minimum Gasteiger partial charge on any atom is -0.465 e. The van der Waals surface area contributed by atoms with E-state index in [0.29, 0.717) is 90.4 Å². The molecule has 0 radical (unpaired) electrons. The Balaban J connectivity index is 1.72. The van der Waals surface area contributed by atoms with Crippen LogP contribution >= 0.6 is 0 Å². The molecule has 3 rings (SSSR count). The first-order chi connectivity index (χ1) is 27.3. The summed E-state index contributed by atoms with van der Waals surface area (Å²) in [4.78, 5) is 57.9. The molecule has 16 heteroatoms. The third kappa shape index (κ3) is 16.6. The second kappa shape index (κ2) is 27.0. The third-order valence-electron chi connectivity index (χ3n) is 8.39. The number of hydrogen-bond acceptors (Lipinski definition) is 16. The molecule has 1 aliphatic rings. The summed E-state index contributed by atoms with van der Waals surface area (Å²) in [5.74, 6) is -1.80. The summed E-state index contributed by atoms with van der Waals surface area (Å²) in [5, 5.41) is 0. The molecule has 0 spiro atoms. The van der Waals surface area contributed by atoms with Gasteiger partial charge in [-0.1, -0.05) is 24.3 Å². The van der Waals surface area contributed by atoms with Crippen LogP contribution in [0.4, 0.5) is 22.7 Å². The molecule has 0 atom stereocenters. The Bertz CT molecular complexity index is 1300. The van der Waals surface area contributed by atoms with Gasteiger partial charge in [-0.05, 0) is 52.0 Å². The lowest BCUT2D eigenvalue weighted by atomic mass is 10.2. The summed E-state index contributed by atoms with van der Waals surface area (Å²) in [6.07, 6.45) is 0. The lowest BCUT2D eigenvalue weighted by Crippen LogP contribution is -2.39. The van der Waals surface area contributed by atoms with Crippen LogP contribution in [0, 0.1) is 0 Å². The number of carbonyl (C=O) groups is 4. The van der Waals surface area contributed by atoms with Crippen LogP contribution in [0.25, 0.3) is 0 Å². The molecule has 1 heterocycles. The molecule has 0 bridgehead atoms. The van der Waals surface area contributed by atoms with E-state index < -0.39 is 23.9 Å². The van der Waals surface area contributed by atoms with Crippen molar-refractivity contribution >= 4 is 46.6 Å². The number of rotatable bonds is 16. The van der Waals surface area contributed by atoms with Crippen LogP contribution in [0.5, 0.6) is 0 Å². The van der Waals surface area contributed by atoms with E-state index >= 15 is 0 Å². The molecular formula is C40H60N4O12. The Morgan fingerprint density at radius 1 is 0.464 bits per heavy atom. The van der Waals surface area contributed by atoms with Crippen molar-refractivity contribution < 1.29 is 57.1 Å². The van der Waals surface area contributed by atoms with Gasteiger partial charge in [0.2, 0.25) is 0 Å². The predicted octanol–water partition coefficient (Wildman–Crippen LogP) is 2.94. The number of hydrogen-bond donors (Lipinski definition) is 0. The van der Waals surface area contributed by atoms with Gasteiger partial charge < -0.3 is 57.5 Å². The summed E-state index contributed by atoms with van der Waals surface area (Å²) in [5.41, 5.74) is 2.97. The second-order valence-corrected chi connectivity index (χ2v) is 12.3. The Kier molecular flexibility index (Phi) is 22.1. The highest BCUT2D eigenvalue weighted by atomic mass is 16.6. The van der Waals surface area contributed by atoms with Crippen molar-refractivity contribution in [3.05, 3.63) is 48.5 Å². The fraction of sp³-hybridized carbons (Fsp3) is 0.600. The lowest BCUT2D eigenvalue weighted by molar-refractivity contribution is -0.144. The van der Waals surface area contributed by atoms with Gasteiger partial charge in [-0.2, -0.15) is 0 Å². The maximum atomic E-state index is 12.6. The van der Waals surface area contributed by atoms with E-state index in [9.17, 15) is 19.2 Å². The largest absolute Gasteiger partial charge is 0.465 e. The molecule has 1 aliphatic heterocycles. The standard InChI is InChI=1S/C40H60N4O12/c1-5-53-37(45)29-43(30-38(46)54-6-2)35-15-11-9-13-33(35)41-17-21-49-25-27-51-23-19-42(20-24-52-28-26-50-22-18-41)34-14-10-12-16-36(34)44(31-39(47)55-7-3)32-40(48)56-8-4/h9-16H,5-8,17-32H2,1-4H3. The molecule has 312 valence electrons. The Labute approximate surface area is 330 Å². The van der Waals surface area contributed by atoms with Crippen LogP contribution in [0.15, 0.2) is 48.5 Å². The van der Waals surface area contributed by atoms with Gasteiger partial charge in [-0.3, -0.25) is 19.2 Å². The second-order valence-electron chi connectivity index (χ2n) is 12.3. The first-order valence-electron chi connectivity index (χ1n) is 19.4. The van der Waals surface area contributed by atoms with Crippen molar-refractivity contribution in [1.29, 1.82) is 0 Å². The maximum Gasteiger partial charge on any atom is 0.325 e. The van der Waals surface area contributed by atoms with Gasteiger partial charge in [0.05, 0.1) is 102 Å². The summed E-state index contributed by atoms with van der Waals surface area (Å²) in [6.45, 7) is 12.3. The first-order valence-corrected chi connectivity index (χ1v) is 19.4. The number of carbonyl (C=O) groups excluding carboxylic acids is 4. The average molecular weight is 789 g/mol. The van der Waals surface area contributed by atoms with E-state index in [1.54, 1.807) is 37.5 Å².